The molecule has 24 heavy (non-hydrogen) atoms. The third-order valence-electron chi connectivity index (χ3n) is 3.54. The maximum absolute atomic E-state index is 13.7. The van der Waals surface area contributed by atoms with E-state index in [2.05, 4.69) is 0 Å². The minimum atomic E-state index is -1.56. The minimum absolute atomic E-state index is 0.0526. The molecule has 1 aliphatic rings. The zero-order valence-electron chi connectivity index (χ0n) is 12.0. The van der Waals surface area contributed by atoms with E-state index in [1.165, 1.54) is 6.07 Å². The number of carboxylic acid groups (broad SMARTS) is 1. The number of nitrogens with two attached hydrogens (primary N) is 1. The summed E-state index contributed by atoms with van der Waals surface area (Å²) < 4.78 is 41.8. The quantitative estimate of drug-likeness (QED) is 0.871. The van der Waals surface area contributed by atoms with Gasteiger partial charge in [-0.2, -0.15) is 0 Å². The van der Waals surface area contributed by atoms with Crippen molar-refractivity contribution in [3.05, 3.63) is 69.6 Å². The molecule has 1 aromatic carbocycles. The molecule has 124 valence electrons. The number of carboxylic acids is 1. The number of rotatable bonds is 2. The zero-order valence-corrected chi connectivity index (χ0v) is 12.0. The van der Waals surface area contributed by atoms with E-state index < -0.39 is 46.8 Å². The van der Waals surface area contributed by atoms with Crippen molar-refractivity contribution in [2.24, 2.45) is 5.73 Å². The van der Waals surface area contributed by atoms with Gasteiger partial charge in [-0.05, 0) is 18.2 Å². The number of hydrogen-bond donors (Lipinski definition) is 2. The van der Waals surface area contributed by atoms with Gasteiger partial charge in [-0.15, -0.1) is 0 Å². The Bertz CT molecular complexity index is 995. The molecule has 2 heterocycles. The molecule has 0 amide bonds. The Balaban J connectivity index is 2.36. The van der Waals surface area contributed by atoms with Crippen LogP contribution in [0, 0.1) is 5.82 Å². The molecule has 0 atom stereocenters. The Hall–Kier alpha value is -3.23. The van der Waals surface area contributed by atoms with Gasteiger partial charge in [0.15, 0.2) is 11.6 Å². The Morgan fingerprint density at radius 2 is 1.96 bits per heavy atom. The van der Waals surface area contributed by atoms with Crippen molar-refractivity contribution in [1.82, 2.24) is 4.68 Å². The fourth-order valence-corrected chi connectivity index (χ4v) is 2.44. The van der Waals surface area contributed by atoms with Crippen LogP contribution < -0.4 is 16.2 Å². The van der Waals surface area contributed by atoms with Crippen LogP contribution in [0.15, 0.2) is 52.7 Å². The first-order valence-electron chi connectivity index (χ1n) is 6.67. The molecule has 1 aliphatic heterocycles. The summed E-state index contributed by atoms with van der Waals surface area (Å²) in [5.74, 6) is -4.69. The smallest absolute Gasteiger partial charge is 0.341 e. The van der Waals surface area contributed by atoms with Crippen LogP contribution in [0.2, 0.25) is 0 Å². The number of pyridine rings is 1. The van der Waals surface area contributed by atoms with Gasteiger partial charge in [-0.3, -0.25) is 14.5 Å². The standard InChI is InChI=1S/C15H10F3N3O3/c16-7-1-2-12-9(3-7)13(22)10(15(23)24)6-20(12)21-5-8(17)4-11(18)14(21)19/h1-4,6H,5,19H2,(H,23,24). The summed E-state index contributed by atoms with van der Waals surface area (Å²) in [7, 11) is 0. The number of halogens is 3. The fraction of sp³-hybridized carbons (Fsp3) is 0.0667. The van der Waals surface area contributed by atoms with Crippen LogP contribution in [0.25, 0.3) is 10.9 Å². The Labute approximate surface area is 132 Å². The van der Waals surface area contributed by atoms with Gasteiger partial charge < -0.3 is 10.8 Å². The van der Waals surface area contributed by atoms with Crippen molar-refractivity contribution in [3.63, 3.8) is 0 Å². The van der Waals surface area contributed by atoms with Gasteiger partial charge in [-0.25, -0.2) is 18.0 Å². The van der Waals surface area contributed by atoms with Crippen LogP contribution in [0.5, 0.6) is 0 Å². The molecule has 6 nitrogen and oxygen atoms in total. The molecule has 0 saturated carbocycles. The molecule has 0 fully saturated rings. The summed E-state index contributed by atoms with van der Waals surface area (Å²) in [6, 6.07) is 3.08. The molecule has 0 spiro atoms. The third-order valence-corrected chi connectivity index (χ3v) is 3.54. The minimum Gasteiger partial charge on any atom is -0.477 e. The van der Waals surface area contributed by atoms with E-state index in [0.717, 1.165) is 28.0 Å². The van der Waals surface area contributed by atoms with Crippen molar-refractivity contribution in [2.45, 2.75) is 0 Å². The summed E-state index contributed by atoms with van der Waals surface area (Å²) >= 11 is 0. The van der Waals surface area contributed by atoms with Crippen molar-refractivity contribution in [1.29, 1.82) is 0 Å². The number of fused-ring (bicyclic) bond motifs is 1. The van der Waals surface area contributed by atoms with E-state index in [1.807, 2.05) is 0 Å². The van der Waals surface area contributed by atoms with Gasteiger partial charge in [0, 0.05) is 12.3 Å². The second-order valence-corrected chi connectivity index (χ2v) is 5.07. The van der Waals surface area contributed by atoms with Crippen LogP contribution in [-0.4, -0.2) is 22.3 Å². The van der Waals surface area contributed by atoms with Crippen LogP contribution in [-0.2, 0) is 0 Å². The molecule has 0 bridgehead atoms. The van der Waals surface area contributed by atoms with Crippen LogP contribution in [0.3, 0.4) is 0 Å². The highest BCUT2D eigenvalue weighted by atomic mass is 19.1. The number of aromatic nitrogens is 1. The molecule has 0 aliphatic carbocycles. The van der Waals surface area contributed by atoms with Crippen LogP contribution in [0.1, 0.15) is 10.4 Å². The lowest BCUT2D eigenvalue weighted by atomic mass is 10.1. The Kier molecular flexibility index (Phi) is 3.55. The number of carbonyl (C=O) groups is 1. The first-order valence-corrected chi connectivity index (χ1v) is 6.67. The van der Waals surface area contributed by atoms with E-state index in [1.54, 1.807) is 0 Å². The highest BCUT2D eigenvalue weighted by Crippen LogP contribution is 2.22. The van der Waals surface area contributed by atoms with Crippen molar-refractivity contribution in [2.75, 3.05) is 11.6 Å². The van der Waals surface area contributed by atoms with Crippen molar-refractivity contribution >= 4 is 16.9 Å². The van der Waals surface area contributed by atoms with Gasteiger partial charge in [-0.1, -0.05) is 0 Å². The fourth-order valence-electron chi connectivity index (χ4n) is 2.44. The molecule has 1 aromatic heterocycles. The summed E-state index contributed by atoms with van der Waals surface area (Å²) in [6.45, 7) is -0.479. The summed E-state index contributed by atoms with van der Waals surface area (Å²) in [4.78, 5) is 23.5. The van der Waals surface area contributed by atoms with Gasteiger partial charge in [0.25, 0.3) is 0 Å². The predicted octanol–water partition coefficient (Wildman–Crippen LogP) is 1.74. The summed E-state index contributed by atoms with van der Waals surface area (Å²) in [6.07, 6.45) is 1.50. The van der Waals surface area contributed by atoms with E-state index in [0.29, 0.717) is 6.08 Å². The largest absolute Gasteiger partial charge is 0.477 e. The number of hydrogen-bond acceptors (Lipinski definition) is 4. The lowest BCUT2D eigenvalue weighted by molar-refractivity contribution is 0.0695. The predicted molar refractivity (Wildman–Crippen MR) is 79.7 cm³/mol. The van der Waals surface area contributed by atoms with Crippen LogP contribution in [0.4, 0.5) is 13.2 Å². The lowest BCUT2D eigenvalue weighted by Gasteiger charge is -2.30. The van der Waals surface area contributed by atoms with Crippen LogP contribution >= 0.6 is 0 Å². The normalized spacial score (nSPS) is 15.0. The number of aromatic carboxylic acids is 1. The summed E-state index contributed by atoms with van der Waals surface area (Å²) in [5.41, 5.74) is 4.06. The van der Waals surface area contributed by atoms with Gasteiger partial charge in [0.2, 0.25) is 5.43 Å². The van der Waals surface area contributed by atoms with Crippen molar-refractivity contribution in [3.8, 4) is 0 Å². The molecule has 9 heteroatoms. The third kappa shape index (κ3) is 2.39. The molecular formula is C15H10F3N3O3. The van der Waals surface area contributed by atoms with Gasteiger partial charge >= 0.3 is 5.97 Å². The second kappa shape index (κ2) is 5.44. The second-order valence-electron chi connectivity index (χ2n) is 5.07. The first kappa shape index (κ1) is 15.7. The molecular weight excluding hydrogens is 327 g/mol. The highest BCUT2D eigenvalue weighted by Gasteiger charge is 2.24. The SMILES string of the molecule is NC1=C(F)C=C(F)CN1n1cc(C(=O)O)c(=O)c2cc(F)ccc21. The topological polar surface area (TPSA) is 88.6 Å². The maximum Gasteiger partial charge on any atom is 0.341 e. The van der Waals surface area contributed by atoms with E-state index in [4.69, 9.17) is 10.8 Å². The Morgan fingerprint density at radius 3 is 2.62 bits per heavy atom. The Morgan fingerprint density at radius 1 is 1.25 bits per heavy atom. The van der Waals surface area contributed by atoms with Crippen molar-refractivity contribution < 1.29 is 23.1 Å². The van der Waals surface area contributed by atoms with Gasteiger partial charge in [0.1, 0.15) is 17.2 Å². The number of benzene rings is 1. The van der Waals surface area contributed by atoms with E-state index in [9.17, 15) is 22.8 Å². The highest BCUT2D eigenvalue weighted by molar-refractivity contribution is 5.92. The summed E-state index contributed by atoms with van der Waals surface area (Å²) in [5, 5.41) is 9.82. The van der Waals surface area contributed by atoms with E-state index in [-0.39, 0.29) is 10.9 Å². The monoisotopic (exact) mass is 337 g/mol. The molecule has 2 aromatic rings. The average molecular weight is 337 g/mol. The number of allylic oxidation sites excluding steroid dienone is 2. The molecule has 0 unspecified atom stereocenters. The molecule has 3 rings (SSSR count). The lowest BCUT2D eigenvalue weighted by Crippen LogP contribution is -2.42. The molecule has 3 N–H and O–H groups in total. The maximum atomic E-state index is 13.7. The average Bonchev–Trinajstić information content (AvgIpc) is 2.51. The van der Waals surface area contributed by atoms with Gasteiger partial charge in [0.05, 0.1) is 17.4 Å². The molecule has 0 saturated heterocycles. The molecule has 0 radical (unpaired) electrons. The van der Waals surface area contributed by atoms with E-state index >= 15 is 0 Å². The number of nitrogens with zero attached hydrogens (tertiary/aromatic N) is 2. The zero-order chi connectivity index (χ0) is 17.6. The first-order chi connectivity index (χ1) is 11.3.